The minimum absolute atomic E-state index is 0.0386. The maximum atomic E-state index is 12.3. The van der Waals surface area contributed by atoms with E-state index in [0.29, 0.717) is 28.2 Å². The molecule has 0 aliphatic carbocycles. The van der Waals surface area contributed by atoms with E-state index in [0.717, 1.165) is 29.8 Å². The number of ether oxygens (including phenoxy) is 1. The first-order valence-electron chi connectivity index (χ1n) is 10.4. The Kier molecular flexibility index (Phi) is 5.24. The molecule has 1 aliphatic heterocycles. The molecule has 0 bridgehead atoms. The summed E-state index contributed by atoms with van der Waals surface area (Å²) in [5.74, 6) is 0.529. The summed E-state index contributed by atoms with van der Waals surface area (Å²) in [7, 11) is 3.46. The van der Waals surface area contributed by atoms with E-state index in [1.165, 1.54) is 6.33 Å². The van der Waals surface area contributed by atoms with Gasteiger partial charge in [0.05, 0.1) is 25.2 Å². The molecule has 0 saturated carbocycles. The minimum atomic E-state index is -0.135. The van der Waals surface area contributed by atoms with Crippen molar-refractivity contribution in [2.75, 3.05) is 13.7 Å². The minimum Gasteiger partial charge on any atom is -0.495 e. The Morgan fingerprint density at radius 1 is 1.25 bits per heavy atom. The molecule has 1 unspecified atom stereocenters. The van der Waals surface area contributed by atoms with Crippen LogP contribution >= 0.6 is 0 Å². The van der Waals surface area contributed by atoms with Gasteiger partial charge in [0.1, 0.15) is 34.7 Å². The summed E-state index contributed by atoms with van der Waals surface area (Å²) in [6.07, 6.45) is 4.29. The Balaban J connectivity index is 1.58. The number of methoxy groups -OCH3 is 1. The van der Waals surface area contributed by atoms with Crippen molar-refractivity contribution in [1.82, 2.24) is 35.4 Å². The summed E-state index contributed by atoms with van der Waals surface area (Å²) >= 11 is 0. The van der Waals surface area contributed by atoms with Crippen molar-refractivity contribution in [3.05, 3.63) is 54.6 Å². The molecule has 5 rings (SSSR count). The molecular formula is C23H23N7O2. The van der Waals surface area contributed by atoms with Crippen LogP contribution in [0.15, 0.2) is 48.9 Å². The van der Waals surface area contributed by atoms with Gasteiger partial charge in [0.25, 0.3) is 0 Å². The van der Waals surface area contributed by atoms with Gasteiger partial charge in [0, 0.05) is 30.4 Å². The fourth-order valence-electron chi connectivity index (χ4n) is 3.78. The van der Waals surface area contributed by atoms with Crippen LogP contribution in [0.5, 0.6) is 5.75 Å². The summed E-state index contributed by atoms with van der Waals surface area (Å²) in [6.45, 7) is 1.12. The Morgan fingerprint density at radius 2 is 2.06 bits per heavy atom. The number of aromatic nitrogens is 5. The molecule has 1 aliphatic rings. The number of hydrogen-bond donors (Lipinski definition) is 2. The SMILES string of the molecule is COc1cc2ncnc(-c3cn(C)nc3-c3ccccc3)c2nc1CNC(=O)C1CCN1. The van der Waals surface area contributed by atoms with E-state index in [1.54, 1.807) is 11.8 Å². The predicted octanol–water partition coefficient (Wildman–Crippen LogP) is 2.08. The third-order valence-electron chi connectivity index (χ3n) is 5.57. The normalized spacial score (nSPS) is 15.4. The number of amides is 1. The summed E-state index contributed by atoms with van der Waals surface area (Å²) in [6, 6.07) is 11.7. The molecule has 2 N–H and O–H groups in total. The monoisotopic (exact) mass is 429 g/mol. The summed E-state index contributed by atoms with van der Waals surface area (Å²) in [5.41, 5.74) is 5.25. The van der Waals surface area contributed by atoms with E-state index in [9.17, 15) is 4.79 Å². The molecule has 0 radical (unpaired) electrons. The number of pyridine rings is 1. The van der Waals surface area contributed by atoms with Gasteiger partial charge in [0.15, 0.2) is 0 Å². The highest BCUT2D eigenvalue weighted by Gasteiger charge is 2.25. The fraction of sp³-hybridized carbons (Fsp3) is 0.261. The second-order valence-electron chi connectivity index (χ2n) is 7.67. The lowest BCUT2D eigenvalue weighted by atomic mass is 10.0. The van der Waals surface area contributed by atoms with Crippen LogP contribution in [-0.4, -0.2) is 50.3 Å². The van der Waals surface area contributed by atoms with Crippen molar-refractivity contribution >= 4 is 16.9 Å². The molecule has 4 heterocycles. The van der Waals surface area contributed by atoms with Gasteiger partial charge in [0.2, 0.25) is 5.91 Å². The highest BCUT2D eigenvalue weighted by atomic mass is 16.5. The summed E-state index contributed by atoms with van der Waals surface area (Å²) in [4.78, 5) is 26.0. The molecule has 1 amide bonds. The Bertz CT molecular complexity index is 1280. The molecule has 1 atom stereocenters. The van der Waals surface area contributed by atoms with Crippen LogP contribution in [0.25, 0.3) is 33.5 Å². The molecule has 1 aromatic carbocycles. The van der Waals surface area contributed by atoms with Crippen molar-refractivity contribution in [1.29, 1.82) is 0 Å². The van der Waals surface area contributed by atoms with Crippen LogP contribution in [0, 0.1) is 0 Å². The number of benzene rings is 1. The van der Waals surface area contributed by atoms with Crippen molar-refractivity contribution < 1.29 is 9.53 Å². The smallest absolute Gasteiger partial charge is 0.237 e. The van der Waals surface area contributed by atoms with E-state index in [1.807, 2.05) is 49.6 Å². The first-order chi connectivity index (χ1) is 15.6. The van der Waals surface area contributed by atoms with Crippen LogP contribution in [0.3, 0.4) is 0 Å². The average molecular weight is 429 g/mol. The van der Waals surface area contributed by atoms with Gasteiger partial charge < -0.3 is 15.4 Å². The van der Waals surface area contributed by atoms with Gasteiger partial charge in [-0.1, -0.05) is 30.3 Å². The number of carbonyl (C=O) groups is 1. The number of nitrogens with zero attached hydrogens (tertiary/aromatic N) is 5. The lowest BCUT2D eigenvalue weighted by molar-refractivity contribution is -0.124. The van der Waals surface area contributed by atoms with Crippen LogP contribution in [0.2, 0.25) is 0 Å². The molecule has 9 heteroatoms. The Labute approximate surface area is 184 Å². The topological polar surface area (TPSA) is 107 Å². The van der Waals surface area contributed by atoms with Gasteiger partial charge in [-0.3, -0.25) is 9.48 Å². The first kappa shape index (κ1) is 20.1. The van der Waals surface area contributed by atoms with Crippen LogP contribution in [0.4, 0.5) is 0 Å². The zero-order valence-corrected chi connectivity index (χ0v) is 17.9. The summed E-state index contributed by atoms with van der Waals surface area (Å²) in [5, 5.41) is 10.7. The maximum absolute atomic E-state index is 12.3. The molecule has 1 fully saturated rings. The van der Waals surface area contributed by atoms with Crippen LogP contribution in [-0.2, 0) is 18.4 Å². The number of carbonyl (C=O) groups excluding carboxylic acids is 1. The molecule has 1 saturated heterocycles. The summed E-state index contributed by atoms with van der Waals surface area (Å²) < 4.78 is 7.29. The largest absolute Gasteiger partial charge is 0.495 e. The zero-order chi connectivity index (χ0) is 22.1. The first-order valence-corrected chi connectivity index (χ1v) is 10.4. The molecule has 32 heavy (non-hydrogen) atoms. The highest BCUT2D eigenvalue weighted by Crippen LogP contribution is 2.34. The lowest BCUT2D eigenvalue weighted by Gasteiger charge is -2.26. The molecule has 9 nitrogen and oxygen atoms in total. The van der Waals surface area contributed by atoms with E-state index in [-0.39, 0.29) is 18.5 Å². The van der Waals surface area contributed by atoms with Crippen LogP contribution in [0.1, 0.15) is 12.1 Å². The molecule has 0 spiro atoms. The second-order valence-corrected chi connectivity index (χ2v) is 7.67. The van der Waals surface area contributed by atoms with Crippen molar-refractivity contribution in [3.63, 3.8) is 0 Å². The number of nitrogens with one attached hydrogen (secondary N) is 2. The highest BCUT2D eigenvalue weighted by molar-refractivity contribution is 5.94. The maximum Gasteiger partial charge on any atom is 0.237 e. The van der Waals surface area contributed by atoms with Gasteiger partial charge in [-0.25, -0.2) is 15.0 Å². The zero-order valence-electron chi connectivity index (χ0n) is 17.9. The van der Waals surface area contributed by atoms with Gasteiger partial charge in [-0.15, -0.1) is 0 Å². The molecular weight excluding hydrogens is 406 g/mol. The Hall–Kier alpha value is -3.85. The fourth-order valence-corrected chi connectivity index (χ4v) is 3.78. The van der Waals surface area contributed by atoms with Gasteiger partial charge in [-0.2, -0.15) is 5.10 Å². The molecule has 4 aromatic rings. The van der Waals surface area contributed by atoms with Crippen molar-refractivity contribution in [3.8, 4) is 28.3 Å². The second kappa shape index (κ2) is 8.35. The van der Waals surface area contributed by atoms with Gasteiger partial charge >= 0.3 is 0 Å². The lowest BCUT2D eigenvalue weighted by Crippen LogP contribution is -2.53. The van der Waals surface area contributed by atoms with Crippen LogP contribution < -0.4 is 15.4 Å². The quantitative estimate of drug-likeness (QED) is 0.483. The Morgan fingerprint density at radius 3 is 2.78 bits per heavy atom. The van der Waals surface area contributed by atoms with Crippen molar-refractivity contribution in [2.45, 2.75) is 19.0 Å². The molecule has 162 valence electrons. The molecule has 3 aromatic heterocycles. The van der Waals surface area contributed by atoms with Crippen molar-refractivity contribution in [2.24, 2.45) is 7.05 Å². The van der Waals surface area contributed by atoms with E-state index < -0.39 is 0 Å². The van der Waals surface area contributed by atoms with E-state index in [2.05, 4.69) is 25.7 Å². The number of aryl methyl sites for hydroxylation is 1. The third kappa shape index (κ3) is 3.67. The number of rotatable bonds is 6. The standard InChI is InChI=1S/C23H23N7O2/c1-30-12-15(20(29-30)14-6-4-3-5-7-14)21-22-17(26-13-27-21)10-19(32-2)18(28-22)11-25-23(31)16-8-9-24-16/h3-7,10,12-13,16,24H,8-9,11H2,1-2H3,(H,25,31). The third-order valence-corrected chi connectivity index (χ3v) is 5.57. The van der Waals surface area contributed by atoms with E-state index >= 15 is 0 Å². The predicted molar refractivity (Wildman–Crippen MR) is 120 cm³/mol. The van der Waals surface area contributed by atoms with E-state index in [4.69, 9.17) is 9.72 Å². The average Bonchev–Trinajstić information content (AvgIpc) is 3.17. The number of hydrogen-bond acceptors (Lipinski definition) is 7. The van der Waals surface area contributed by atoms with Gasteiger partial charge in [-0.05, 0) is 13.0 Å². The number of fused-ring (bicyclic) bond motifs is 1.